The van der Waals surface area contributed by atoms with Gasteiger partial charge in [0, 0.05) is 5.56 Å². The third-order valence-electron chi connectivity index (χ3n) is 4.30. The summed E-state index contributed by atoms with van der Waals surface area (Å²) in [5, 5.41) is 3.82. The second-order valence-corrected chi connectivity index (χ2v) is 6.37. The van der Waals surface area contributed by atoms with Gasteiger partial charge in [0.1, 0.15) is 0 Å². The molecule has 4 nitrogen and oxygen atoms in total. The summed E-state index contributed by atoms with van der Waals surface area (Å²) in [6.07, 6.45) is 1.59. The molecule has 0 aliphatic rings. The predicted molar refractivity (Wildman–Crippen MR) is 108 cm³/mol. The zero-order chi connectivity index (χ0) is 19.1. The Bertz CT molecular complexity index is 949. The van der Waals surface area contributed by atoms with Gasteiger partial charge in [0.15, 0.2) is 5.84 Å². The maximum absolute atomic E-state index is 12.5. The summed E-state index contributed by atoms with van der Waals surface area (Å²) in [5.41, 5.74) is 10.4. The zero-order valence-corrected chi connectivity index (χ0v) is 15.3. The Morgan fingerprint density at radius 1 is 0.926 bits per heavy atom. The fraction of sp³-hybridized carbons (Fsp3) is 0.130. The van der Waals surface area contributed by atoms with Crippen LogP contribution in [0.2, 0.25) is 0 Å². The Morgan fingerprint density at radius 3 is 2.44 bits per heavy atom. The lowest BCUT2D eigenvalue weighted by Gasteiger charge is -2.08. The van der Waals surface area contributed by atoms with Crippen LogP contribution >= 0.6 is 0 Å². The second kappa shape index (κ2) is 8.81. The van der Waals surface area contributed by atoms with E-state index >= 15 is 0 Å². The van der Waals surface area contributed by atoms with Crippen LogP contribution in [0, 0.1) is 6.92 Å². The van der Waals surface area contributed by atoms with Gasteiger partial charge in [0.25, 0.3) is 0 Å². The van der Waals surface area contributed by atoms with E-state index in [9.17, 15) is 4.79 Å². The van der Waals surface area contributed by atoms with Gasteiger partial charge in [0.2, 0.25) is 0 Å². The highest BCUT2D eigenvalue weighted by molar-refractivity contribution is 5.98. The minimum Gasteiger partial charge on any atom is -0.380 e. The summed E-state index contributed by atoms with van der Waals surface area (Å²) in [6.45, 7) is 1.96. The van der Waals surface area contributed by atoms with Crippen molar-refractivity contribution in [2.24, 2.45) is 10.9 Å². The van der Waals surface area contributed by atoms with Crippen LogP contribution in [0.15, 0.2) is 84.0 Å². The average molecular weight is 358 g/mol. The zero-order valence-electron chi connectivity index (χ0n) is 15.3. The molecule has 3 rings (SSSR count). The molecule has 0 aromatic heterocycles. The summed E-state index contributed by atoms with van der Waals surface area (Å²) in [6, 6.07) is 25.2. The Labute approximate surface area is 159 Å². The lowest BCUT2D eigenvalue weighted by Crippen LogP contribution is -2.16. The van der Waals surface area contributed by atoms with Gasteiger partial charge in [0.05, 0.1) is 5.56 Å². The van der Waals surface area contributed by atoms with Crippen molar-refractivity contribution < 1.29 is 9.63 Å². The molecule has 3 aromatic rings. The fourth-order valence-electron chi connectivity index (χ4n) is 2.86. The largest absolute Gasteiger partial charge is 0.380 e. The summed E-state index contributed by atoms with van der Waals surface area (Å²) in [5.74, 6) is -0.330. The number of carbonyl (C=O) groups excluding carboxylic acids is 1. The molecule has 4 heteroatoms. The molecule has 136 valence electrons. The number of amidine groups is 1. The molecule has 0 bridgehead atoms. The number of aryl methyl sites for hydroxylation is 3. The van der Waals surface area contributed by atoms with Gasteiger partial charge in [-0.05, 0) is 43.0 Å². The number of carbonyl (C=O) groups is 1. The normalized spacial score (nSPS) is 11.2. The van der Waals surface area contributed by atoms with Crippen molar-refractivity contribution >= 4 is 11.8 Å². The third kappa shape index (κ3) is 5.05. The fourth-order valence-corrected chi connectivity index (χ4v) is 2.86. The number of rotatable bonds is 6. The van der Waals surface area contributed by atoms with Gasteiger partial charge in [-0.15, -0.1) is 0 Å². The Kier molecular flexibility index (Phi) is 6.00. The van der Waals surface area contributed by atoms with E-state index in [0.29, 0.717) is 5.56 Å². The van der Waals surface area contributed by atoms with Gasteiger partial charge in [-0.2, -0.15) is 0 Å². The molecule has 2 N–H and O–H groups in total. The summed E-state index contributed by atoms with van der Waals surface area (Å²) < 4.78 is 0. The van der Waals surface area contributed by atoms with Crippen molar-refractivity contribution in [3.63, 3.8) is 0 Å². The van der Waals surface area contributed by atoms with Gasteiger partial charge in [-0.1, -0.05) is 77.4 Å². The average Bonchev–Trinajstić information content (AvgIpc) is 2.71. The first-order chi connectivity index (χ1) is 13.1. The Hall–Kier alpha value is -3.40. The molecular weight excluding hydrogens is 336 g/mol. The van der Waals surface area contributed by atoms with Crippen molar-refractivity contribution in [3.8, 4) is 0 Å². The number of nitrogens with zero attached hydrogens (tertiary/aromatic N) is 1. The van der Waals surface area contributed by atoms with E-state index in [1.807, 2.05) is 67.6 Å². The molecule has 0 aliphatic carbocycles. The molecule has 0 fully saturated rings. The SMILES string of the molecule is Cc1cccc(C(N)=NOC(=O)c2ccccc2CCc2ccccc2)c1. The molecule has 0 saturated heterocycles. The molecule has 3 aromatic carbocycles. The molecule has 0 saturated carbocycles. The van der Waals surface area contributed by atoms with Crippen molar-refractivity contribution in [3.05, 3.63) is 107 Å². The van der Waals surface area contributed by atoms with E-state index in [1.165, 1.54) is 5.56 Å². The standard InChI is InChI=1S/C23H22N2O2/c1-17-8-7-12-20(16-17)22(24)25-27-23(26)21-13-6-5-11-19(21)15-14-18-9-3-2-4-10-18/h2-13,16H,14-15H2,1H3,(H2,24,25). The molecule has 27 heavy (non-hydrogen) atoms. The van der Waals surface area contributed by atoms with Crippen LogP contribution in [-0.4, -0.2) is 11.8 Å². The van der Waals surface area contributed by atoms with Gasteiger partial charge < -0.3 is 10.6 Å². The molecule has 0 unspecified atom stereocenters. The monoisotopic (exact) mass is 358 g/mol. The van der Waals surface area contributed by atoms with Crippen molar-refractivity contribution in [2.75, 3.05) is 0 Å². The number of hydrogen-bond acceptors (Lipinski definition) is 3. The minimum atomic E-state index is -0.505. The van der Waals surface area contributed by atoms with Crippen LogP contribution in [-0.2, 0) is 17.7 Å². The molecule has 0 amide bonds. The summed E-state index contributed by atoms with van der Waals surface area (Å²) in [4.78, 5) is 17.6. The van der Waals surface area contributed by atoms with Crippen molar-refractivity contribution in [2.45, 2.75) is 19.8 Å². The first-order valence-corrected chi connectivity index (χ1v) is 8.87. The minimum absolute atomic E-state index is 0.175. The van der Waals surface area contributed by atoms with E-state index in [4.69, 9.17) is 10.6 Å². The summed E-state index contributed by atoms with van der Waals surface area (Å²) >= 11 is 0. The Balaban J connectivity index is 1.70. The highest BCUT2D eigenvalue weighted by Crippen LogP contribution is 2.14. The smallest absolute Gasteiger partial charge is 0.366 e. The van der Waals surface area contributed by atoms with Crippen LogP contribution in [0.5, 0.6) is 0 Å². The van der Waals surface area contributed by atoms with Gasteiger partial charge in [-0.3, -0.25) is 0 Å². The van der Waals surface area contributed by atoms with E-state index in [-0.39, 0.29) is 5.84 Å². The van der Waals surface area contributed by atoms with Crippen LogP contribution < -0.4 is 5.73 Å². The molecule has 0 spiro atoms. The topological polar surface area (TPSA) is 64.7 Å². The van der Waals surface area contributed by atoms with E-state index in [2.05, 4.69) is 17.3 Å². The Morgan fingerprint density at radius 2 is 1.67 bits per heavy atom. The first kappa shape index (κ1) is 18.4. The maximum atomic E-state index is 12.5. The van der Waals surface area contributed by atoms with E-state index in [0.717, 1.165) is 29.5 Å². The lowest BCUT2D eigenvalue weighted by atomic mass is 10.00. The number of hydrogen-bond donors (Lipinski definition) is 1. The first-order valence-electron chi connectivity index (χ1n) is 8.87. The van der Waals surface area contributed by atoms with Crippen LogP contribution in [0.3, 0.4) is 0 Å². The molecule has 0 atom stereocenters. The molecule has 0 heterocycles. The van der Waals surface area contributed by atoms with Crippen LogP contribution in [0.1, 0.15) is 32.6 Å². The molecule has 0 radical (unpaired) electrons. The number of oxime groups is 1. The predicted octanol–water partition coefficient (Wildman–Crippen LogP) is 4.26. The van der Waals surface area contributed by atoms with E-state index in [1.54, 1.807) is 6.07 Å². The highest BCUT2D eigenvalue weighted by atomic mass is 16.7. The van der Waals surface area contributed by atoms with Crippen LogP contribution in [0.4, 0.5) is 0 Å². The van der Waals surface area contributed by atoms with Crippen molar-refractivity contribution in [1.82, 2.24) is 0 Å². The summed E-state index contributed by atoms with van der Waals surface area (Å²) in [7, 11) is 0. The quantitative estimate of drug-likeness (QED) is 0.310. The molecule has 0 aliphatic heterocycles. The van der Waals surface area contributed by atoms with Gasteiger partial charge in [-0.25, -0.2) is 4.79 Å². The highest BCUT2D eigenvalue weighted by Gasteiger charge is 2.13. The van der Waals surface area contributed by atoms with Gasteiger partial charge >= 0.3 is 5.97 Å². The van der Waals surface area contributed by atoms with Crippen molar-refractivity contribution in [1.29, 1.82) is 0 Å². The third-order valence-corrected chi connectivity index (χ3v) is 4.30. The molecular formula is C23H22N2O2. The van der Waals surface area contributed by atoms with E-state index < -0.39 is 5.97 Å². The number of benzene rings is 3. The van der Waals surface area contributed by atoms with Crippen LogP contribution in [0.25, 0.3) is 0 Å². The number of nitrogens with two attached hydrogens (primary N) is 1. The lowest BCUT2D eigenvalue weighted by molar-refractivity contribution is 0.0514. The second-order valence-electron chi connectivity index (χ2n) is 6.37. The maximum Gasteiger partial charge on any atom is 0.366 e.